The van der Waals surface area contributed by atoms with E-state index in [1.54, 1.807) is 0 Å². The standard InChI is InChI=1S/C14H11Cl2FN2O4/c1-21-11-7(15)5-4-6(9(11)17)12-18-10(14(20)23-3)8(16)13(19-12)22-2/h4-5H,1-3H3. The maximum Gasteiger partial charge on any atom is 0.358 e. The van der Waals surface area contributed by atoms with Crippen molar-refractivity contribution in [2.45, 2.75) is 0 Å². The van der Waals surface area contributed by atoms with Gasteiger partial charge in [-0.1, -0.05) is 23.2 Å². The maximum atomic E-state index is 14.5. The van der Waals surface area contributed by atoms with Gasteiger partial charge in [-0.2, -0.15) is 4.98 Å². The van der Waals surface area contributed by atoms with Crippen molar-refractivity contribution in [3.63, 3.8) is 0 Å². The Balaban J connectivity index is 2.72. The molecule has 0 saturated heterocycles. The number of methoxy groups -OCH3 is 3. The number of rotatable bonds is 4. The van der Waals surface area contributed by atoms with E-state index in [-0.39, 0.29) is 38.8 Å². The molecule has 1 aromatic carbocycles. The van der Waals surface area contributed by atoms with Crippen LogP contribution in [0.15, 0.2) is 12.1 Å². The highest BCUT2D eigenvalue weighted by molar-refractivity contribution is 6.34. The van der Waals surface area contributed by atoms with Crippen LogP contribution in [0.5, 0.6) is 11.6 Å². The van der Waals surface area contributed by atoms with Crippen molar-refractivity contribution >= 4 is 29.2 Å². The van der Waals surface area contributed by atoms with E-state index in [0.29, 0.717) is 0 Å². The molecule has 122 valence electrons. The van der Waals surface area contributed by atoms with Crippen LogP contribution in [-0.4, -0.2) is 37.3 Å². The molecule has 0 aliphatic carbocycles. The molecule has 1 heterocycles. The third-order valence-corrected chi connectivity index (χ3v) is 3.53. The Morgan fingerprint density at radius 1 is 1.13 bits per heavy atom. The number of ether oxygens (including phenoxy) is 3. The summed E-state index contributed by atoms with van der Waals surface area (Å²) in [6.45, 7) is 0. The van der Waals surface area contributed by atoms with Crippen molar-refractivity contribution in [2.24, 2.45) is 0 Å². The number of carbonyl (C=O) groups excluding carboxylic acids is 1. The highest BCUT2D eigenvalue weighted by Crippen LogP contribution is 2.35. The first kappa shape index (κ1) is 17.2. The van der Waals surface area contributed by atoms with Crippen LogP contribution in [0.3, 0.4) is 0 Å². The molecule has 0 saturated carbocycles. The number of hydrogen-bond donors (Lipinski definition) is 0. The SMILES string of the molecule is COC(=O)c1nc(-c2ccc(Cl)c(OC)c2F)nc(OC)c1Cl. The lowest BCUT2D eigenvalue weighted by Crippen LogP contribution is -2.09. The Labute approximate surface area is 141 Å². The Morgan fingerprint density at radius 2 is 1.83 bits per heavy atom. The minimum absolute atomic E-state index is 0.0358. The van der Waals surface area contributed by atoms with Crippen LogP contribution in [0.4, 0.5) is 4.39 Å². The molecule has 0 aliphatic rings. The average Bonchev–Trinajstić information content (AvgIpc) is 2.55. The fourth-order valence-corrected chi connectivity index (χ4v) is 2.27. The number of esters is 1. The smallest absolute Gasteiger partial charge is 0.358 e. The topological polar surface area (TPSA) is 70.5 Å². The van der Waals surface area contributed by atoms with Crippen LogP contribution in [0, 0.1) is 5.82 Å². The van der Waals surface area contributed by atoms with Gasteiger partial charge in [0.05, 0.1) is 31.9 Å². The monoisotopic (exact) mass is 360 g/mol. The zero-order valence-electron chi connectivity index (χ0n) is 12.3. The van der Waals surface area contributed by atoms with E-state index in [0.717, 1.165) is 0 Å². The van der Waals surface area contributed by atoms with Crippen LogP contribution in [-0.2, 0) is 4.74 Å². The summed E-state index contributed by atoms with van der Waals surface area (Å²) in [4.78, 5) is 19.7. The lowest BCUT2D eigenvalue weighted by Gasteiger charge is -2.11. The Hall–Kier alpha value is -2.12. The Kier molecular flexibility index (Phi) is 5.23. The van der Waals surface area contributed by atoms with E-state index in [4.69, 9.17) is 32.7 Å². The Morgan fingerprint density at radius 3 is 2.39 bits per heavy atom. The van der Waals surface area contributed by atoms with Crippen LogP contribution in [0.2, 0.25) is 10.0 Å². The number of benzene rings is 1. The molecule has 0 spiro atoms. The van der Waals surface area contributed by atoms with Crippen LogP contribution in [0.25, 0.3) is 11.4 Å². The minimum atomic E-state index is -0.807. The molecule has 0 bridgehead atoms. The molecule has 2 aromatic rings. The molecule has 0 amide bonds. The van der Waals surface area contributed by atoms with Crippen molar-refractivity contribution < 1.29 is 23.4 Å². The fraction of sp³-hybridized carbons (Fsp3) is 0.214. The minimum Gasteiger partial charge on any atom is -0.492 e. The molecule has 0 fully saturated rings. The number of halogens is 3. The number of nitrogens with zero attached hydrogens (tertiary/aromatic N) is 2. The number of hydrogen-bond acceptors (Lipinski definition) is 6. The molecule has 9 heteroatoms. The van der Waals surface area contributed by atoms with Gasteiger partial charge in [0, 0.05) is 0 Å². The van der Waals surface area contributed by atoms with E-state index in [9.17, 15) is 9.18 Å². The molecule has 2 rings (SSSR count). The lowest BCUT2D eigenvalue weighted by atomic mass is 10.1. The quantitative estimate of drug-likeness (QED) is 0.778. The molecular formula is C14H11Cl2FN2O4. The average molecular weight is 361 g/mol. The first-order valence-electron chi connectivity index (χ1n) is 6.16. The summed E-state index contributed by atoms with van der Waals surface area (Å²) in [5, 5.41) is -0.0488. The maximum absolute atomic E-state index is 14.5. The first-order chi connectivity index (χ1) is 10.9. The van der Waals surface area contributed by atoms with Gasteiger partial charge in [-0.3, -0.25) is 0 Å². The van der Waals surface area contributed by atoms with Gasteiger partial charge >= 0.3 is 5.97 Å². The van der Waals surface area contributed by atoms with E-state index in [2.05, 4.69) is 14.7 Å². The van der Waals surface area contributed by atoms with Crippen LogP contribution in [0.1, 0.15) is 10.5 Å². The number of aromatic nitrogens is 2. The summed E-state index contributed by atoms with van der Waals surface area (Å²) < 4.78 is 29.0. The fourth-order valence-electron chi connectivity index (χ4n) is 1.81. The van der Waals surface area contributed by atoms with Gasteiger partial charge < -0.3 is 14.2 Å². The van der Waals surface area contributed by atoms with E-state index < -0.39 is 11.8 Å². The molecule has 1 aromatic heterocycles. The predicted molar refractivity (Wildman–Crippen MR) is 81.9 cm³/mol. The second kappa shape index (κ2) is 6.97. The molecule has 0 N–H and O–H groups in total. The summed E-state index contributed by atoms with van der Waals surface area (Å²) >= 11 is 11.8. The third kappa shape index (κ3) is 3.16. The first-order valence-corrected chi connectivity index (χ1v) is 6.92. The van der Waals surface area contributed by atoms with Crippen molar-refractivity contribution in [2.75, 3.05) is 21.3 Å². The summed E-state index contributed by atoms with van der Waals surface area (Å²) in [5.41, 5.74) is -0.282. The van der Waals surface area contributed by atoms with Crippen molar-refractivity contribution in [1.82, 2.24) is 9.97 Å². The molecule has 0 unspecified atom stereocenters. The largest absolute Gasteiger partial charge is 0.492 e. The third-order valence-electron chi connectivity index (χ3n) is 2.89. The molecule has 6 nitrogen and oxygen atoms in total. The zero-order valence-corrected chi connectivity index (χ0v) is 13.8. The van der Waals surface area contributed by atoms with E-state index >= 15 is 0 Å². The van der Waals surface area contributed by atoms with Gasteiger partial charge in [0.1, 0.15) is 5.02 Å². The van der Waals surface area contributed by atoms with E-state index in [1.807, 2.05) is 0 Å². The van der Waals surface area contributed by atoms with Gasteiger partial charge in [0.2, 0.25) is 5.88 Å². The molecule has 0 aliphatic heterocycles. The van der Waals surface area contributed by atoms with Crippen molar-refractivity contribution in [1.29, 1.82) is 0 Å². The van der Waals surface area contributed by atoms with E-state index in [1.165, 1.54) is 33.5 Å². The van der Waals surface area contributed by atoms with Gasteiger partial charge in [-0.25, -0.2) is 14.2 Å². The predicted octanol–water partition coefficient (Wildman–Crippen LogP) is 3.39. The van der Waals surface area contributed by atoms with Gasteiger partial charge in [0.15, 0.2) is 23.1 Å². The highest BCUT2D eigenvalue weighted by Gasteiger charge is 2.23. The summed E-state index contributed by atoms with van der Waals surface area (Å²) in [5.74, 6) is -1.97. The Bertz CT molecular complexity index is 771. The summed E-state index contributed by atoms with van der Waals surface area (Å²) in [6, 6.07) is 2.77. The van der Waals surface area contributed by atoms with Crippen molar-refractivity contribution in [3.8, 4) is 23.0 Å². The molecule has 23 heavy (non-hydrogen) atoms. The molecule has 0 radical (unpaired) electrons. The van der Waals surface area contributed by atoms with Gasteiger partial charge in [-0.15, -0.1) is 0 Å². The second-order valence-electron chi connectivity index (χ2n) is 4.15. The highest BCUT2D eigenvalue weighted by atomic mass is 35.5. The summed E-state index contributed by atoms with van der Waals surface area (Å²) in [7, 11) is 3.74. The summed E-state index contributed by atoms with van der Waals surface area (Å²) in [6.07, 6.45) is 0. The van der Waals surface area contributed by atoms with Gasteiger partial charge in [0.25, 0.3) is 0 Å². The van der Waals surface area contributed by atoms with Crippen molar-refractivity contribution in [3.05, 3.63) is 33.7 Å². The molecular weight excluding hydrogens is 350 g/mol. The molecule has 0 atom stereocenters. The zero-order chi connectivity index (χ0) is 17.1. The lowest BCUT2D eigenvalue weighted by molar-refractivity contribution is 0.0593. The van der Waals surface area contributed by atoms with Gasteiger partial charge in [-0.05, 0) is 12.1 Å². The second-order valence-corrected chi connectivity index (χ2v) is 4.94. The van der Waals surface area contributed by atoms with Crippen LogP contribution >= 0.6 is 23.2 Å². The van der Waals surface area contributed by atoms with Crippen LogP contribution < -0.4 is 9.47 Å². The normalized spacial score (nSPS) is 10.3. The number of carbonyl (C=O) groups is 1.